The van der Waals surface area contributed by atoms with Crippen LogP contribution in [0.1, 0.15) is 31.5 Å². The molecule has 1 amide bonds. The van der Waals surface area contributed by atoms with Crippen molar-refractivity contribution in [1.82, 2.24) is 14.7 Å². The van der Waals surface area contributed by atoms with Crippen LogP contribution in [-0.4, -0.2) is 57.6 Å². The third-order valence-corrected chi connectivity index (χ3v) is 4.48. The molecule has 0 aliphatic heterocycles. The first-order valence-corrected chi connectivity index (χ1v) is 9.64. The van der Waals surface area contributed by atoms with E-state index in [1.165, 1.54) is 24.3 Å². The molecule has 2 aromatic rings. The van der Waals surface area contributed by atoms with Gasteiger partial charge in [-0.15, -0.1) is 0 Å². The molecule has 0 saturated carbocycles. The van der Waals surface area contributed by atoms with Crippen LogP contribution < -0.4 is 0 Å². The summed E-state index contributed by atoms with van der Waals surface area (Å²) in [4.78, 5) is 37.8. The maximum atomic E-state index is 12.9. The number of ether oxygens (including phenoxy) is 2. The van der Waals surface area contributed by atoms with Crippen molar-refractivity contribution in [1.29, 1.82) is 0 Å². The number of hydrogen-bond donors (Lipinski definition) is 1. The first-order valence-electron chi connectivity index (χ1n) is 9.64. The van der Waals surface area contributed by atoms with Gasteiger partial charge in [0.25, 0.3) is 0 Å². The van der Waals surface area contributed by atoms with Gasteiger partial charge in [0.15, 0.2) is 0 Å². The van der Waals surface area contributed by atoms with E-state index in [9.17, 15) is 14.4 Å². The van der Waals surface area contributed by atoms with Crippen molar-refractivity contribution >= 4 is 18.2 Å². The topological polar surface area (TPSA) is 111 Å². The van der Waals surface area contributed by atoms with Gasteiger partial charge in [-0.1, -0.05) is 44.2 Å². The summed E-state index contributed by atoms with van der Waals surface area (Å²) in [6, 6.07) is 9.72. The second-order valence-corrected chi connectivity index (χ2v) is 7.19. The molecule has 2 rings (SSSR count). The number of rotatable bonds is 9. The van der Waals surface area contributed by atoms with Gasteiger partial charge in [0.1, 0.15) is 12.6 Å². The Morgan fingerprint density at radius 3 is 2.43 bits per heavy atom. The second kappa shape index (κ2) is 11.0. The quantitative estimate of drug-likeness (QED) is 0.624. The highest BCUT2D eigenvalue weighted by molar-refractivity contribution is 5.81. The van der Waals surface area contributed by atoms with Gasteiger partial charge in [-0.25, -0.2) is 14.4 Å². The Labute approximate surface area is 175 Å². The Kier molecular flexibility index (Phi) is 8.40. The molecule has 9 heteroatoms. The Morgan fingerprint density at radius 2 is 1.87 bits per heavy atom. The fourth-order valence-corrected chi connectivity index (χ4v) is 2.81. The van der Waals surface area contributed by atoms with Crippen molar-refractivity contribution in [2.45, 2.75) is 39.3 Å². The number of carbonyl (C=O) groups is 3. The summed E-state index contributed by atoms with van der Waals surface area (Å²) in [6.07, 6.45) is 0.0450. The molecule has 0 saturated heterocycles. The Balaban J connectivity index is 2.21. The number of hydrogen-bond acceptors (Lipinski definition) is 6. The molecule has 0 aliphatic rings. The van der Waals surface area contributed by atoms with Crippen molar-refractivity contribution < 1.29 is 29.0 Å². The minimum atomic E-state index is -1.24. The van der Waals surface area contributed by atoms with Gasteiger partial charge in [-0.3, -0.25) is 4.90 Å². The number of carboxylic acid groups (broad SMARTS) is 1. The van der Waals surface area contributed by atoms with E-state index in [2.05, 4.69) is 5.10 Å². The minimum Gasteiger partial charge on any atom is -0.467 e. The fraction of sp³-hybridized carbons (Fsp3) is 0.429. The predicted octanol–water partition coefficient (Wildman–Crippen LogP) is 3.18. The molecule has 0 spiro atoms. The summed E-state index contributed by atoms with van der Waals surface area (Å²) < 4.78 is 11.1. The summed E-state index contributed by atoms with van der Waals surface area (Å²) in [7, 11) is 1.24. The van der Waals surface area contributed by atoms with Gasteiger partial charge < -0.3 is 14.6 Å². The Morgan fingerprint density at radius 1 is 1.17 bits per heavy atom. The molecule has 0 fully saturated rings. The monoisotopic (exact) mass is 417 g/mol. The van der Waals surface area contributed by atoms with Gasteiger partial charge in [0.05, 0.1) is 12.8 Å². The Bertz CT molecular complexity index is 849. The molecule has 0 aliphatic carbocycles. The molecule has 1 unspecified atom stereocenters. The molecule has 162 valence electrons. The highest BCUT2D eigenvalue weighted by atomic mass is 16.6. The van der Waals surface area contributed by atoms with E-state index in [4.69, 9.17) is 14.6 Å². The summed E-state index contributed by atoms with van der Waals surface area (Å²) in [5.41, 5.74) is 1.17. The van der Waals surface area contributed by atoms with E-state index in [1.54, 1.807) is 0 Å². The summed E-state index contributed by atoms with van der Waals surface area (Å²) in [5.74, 6) is -0.334. The van der Waals surface area contributed by atoms with Crippen LogP contribution in [0.15, 0.2) is 42.6 Å². The lowest BCUT2D eigenvalue weighted by molar-refractivity contribution is -0.146. The molecule has 0 radical (unpaired) electrons. The molecular formula is C21H27N3O6. The minimum absolute atomic E-state index is 0.00544. The van der Waals surface area contributed by atoms with Gasteiger partial charge in [0, 0.05) is 19.2 Å². The zero-order chi connectivity index (χ0) is 22.1. The second-order valence-electron chi connectivity index (χ2n) is 7.19. The van der Waals surface area contributed by atoms with Gasteiger partial charge in [-0.05, 0) is 24.0 Å². The van der Waals surface area contributed by atoms with E-state index in [0.717, 1.165) is 10.2 Å². The van der Waals surface area contributed by atoms with Crippen molar-refractivity contribution in [3.8, 4) is 0 Å². The van der Waals surface area contributed by atoms with Crippen molar-refractivity contribution in [2.24, 2.45) is 5.92 Å². The van der Waals surface area contributed by atoms with Gasteiger partial charge in [0.2, 0.25) is 0 Å². The third kappa shape index (κ3) is 6.61. The molecule has 1 aromatic heterocycles. The van der Waals surface area contributed by atoms with Gasteiger partial charge in [-0.2, -0.15) is 9.78 Å². The van der Waals surface area contributed by atoms with Crippen LogP contribution in [0.5, 0.6) is 0 Å². The van der Waals surface area contributed by atoms with Crippen LogP contribution in [0.25, 0.3) is 0 Å². The predicted molar refractivity (Wildman–Crippen MR) is 108 cm³/mol. The highest BCUT2D eigenvalue weighted by Gasteiger charge is 2.33. The normalized spacial score (nSPS) is 11.7. The largest absolute Gasteiger partial charge is 0.467 e. The fourth-order valence-electron chi connectivity index (χ4n) is 2.81. The molecule has 1 aromatic carbocycles. The lowest BCUT2D eigenvalue weighted by Crippen LogP contribution is -2.48. The number of nitrogens with zero attached hydrogens (tertiary/aromatic N) is 3. The van der Waals surface area contributed by atoms with Crippen LogP contribution in [0.4, 0.5) is 9.59 Å². The molecule has 1 atom stereocenters. The molecule has 0 bridgehead atoms. The molecular weight excluding hydrogens is 390 g/mol. The summed E-state index contributed by atoms with van der Waals surface area (Å²) in [6.45, 7) is 4.37. The number of aromatic nitrogens is 2. The zero-order valence-electron chi connectivity index (χ0n) is 17.4. The maximum absolute atomic E-state index is 12.9. The van der Waals surface area contributed by atoms with E-state index >= 15 is 0 Å². The molecule has 30 heavy (non-hydrogen) atoms. The average molecular weight is 417 g/mol. The van der Waals surface area contributed by atoms with E-state index in [-0.39, 0.29) is 19.6 Å². The molecule has 1 N–H and O–H groups in total. The Hall–Kier alpha value is -3.36. The lowest BCUT2D eigenvalue weighted by atomic mass is 10.1. The van der Waals surface area contributed by atoms with Crippen LogP contribution >= 0.6 is 0 Å². The van der Waals surface area contributed by atoms with Crippen molar-refractivity contribution in [3.63, 3.8) is 0 Å². The first kappa shape index (κ1) is 22.9. The lowest BCUT2D eigenvalue weighted by Gasteiger charge is -2.29. The number of methoxy groups -OCH3 is 1. The summed E-state index contributed by atoms with van der Waals surface area (Å²) >= 11 is 0. The smallest absolute Gasteiger partial charge is 0.432 e. The number of amides is 1. The van der Waals surface area contributed by atoms with E-state index < -0.39 is 24.2 Å². The van der Waals surface area contributed by atoms with E-state index in [1.807, 2.05) is 44.2 Å². The molecule has 9 nitrogen and oxygen atoms in total. The van der Waals surface area contributed by atoms with Crippen LogP contribution in [-0.2, 0) is 27.3 Å². The highest BCUT2D eigenvalue weighted by Crippen LogP contribution is 2.15. The number of benzene rings is 1. The van der Waals surface area contributed by atoms with Crippen molar-refractivity contribution in [2.75, 3.05) is 13.7 Å². The molecule has 1 heterocycles. The number of esters is 1. The zero-order valence-corrected chi connectivity index (χ0v) is 17.4. The van der Waals surface area contributed by atoms with Crippen molar-refractivity contribution in [3.05, 3.63) is 53.9 Å². The van der Waals surface area contributed by atoms with Crippen LogP contribution in [0.2, 0.25) is 0 Å². The summed E-state index contributed by atoms with van der Waals surface area (Å²) in [5, 5.41) is 13.0. The third-order valence-electron chi connectivity index (χ3n) is 4.48. The first-order chi connectivity index (χ1) is 14.3. The van der Waals surface area contributed by atoms with Gasteiger partial charge >= 0.3 is 18.2 Å². The van der Waals surface area contributed by atoms with E-state index in [0.29, 0.717) is 18.0 Å². The van der Waals surface area contributed by atoms with Crippen LogP contribution in [0.3, 0.4) is 0 Å². The maximum Gasteiger partial charge on any atom is 0.432 e. The van der Waals surface area contributed by atoms with Crippen LogP contribution in [0, 0.1) is 5.92 Å². The number of carbonyl (C=O) groups excluding carboxylic acids is 2. The standard InChI is InChI=1S/C21H27N3O6/c1-15(2)9-11-23(21(28)30-14-16-7-5-4-6-8-16)18(19(25)29-3)13-17-10-12-24(22-17)20(26)27/h4-8,10,12,15,18H,9,11,13-14H2,1-3H3,(H,26,27). The average Bonchev–Trinajstić information content (AvgIpc) is 3.20. The SMILES string of the molecule is COC(=O)C(Cc1ccn(C(=O)O)n1)N(CCC(C)C)C(=O)OCc1ccccc1.